The molecule has 0 aliphatic heterocycles. The van der Waals surface area contributed by atoms with Crippen molar-refractivity contribution in [2.45, 2.75) is 0 Å². The summed E-state index contributed by atoms with van der Waals surface area (Å²) in [6.45, 7) is 0. The van der Waals surface area contributed by atoms with Gasteiger partial charge in [0.15, 0.2) is 0 Å². The molecule has 2 aromatic rings. The lowest BCUT2D eigenvalue weighted by Gasteiger charge is -1.96. The Labute approximate surface area is 66.7 Å². The predicted molar refractivity (Wildman–Crippen MR) is 39.0 cm³/mol. The smallest absolute Gasteiger partial charge is 0.223 e. The fourth-order valence-corrected chi connectivity index (χ4v) is 0.915. The molecule has 0 saturated heterocycles. The van der Waals surface area contributed by atoms with Crippen molar-refractivity contribution in [1.82, 2.24) is 15.0 Å². The van der Waals surface area contributed by atoms with Gasteiger partial charge in [0.2, 0.25) is 11.8 Å². The molecule has 0 radical (unpaired) electrons. The van der Waals surface area contributed by atoms with E-state index in [1.165, 1.54) is 6.20 Å². The average molecular weight is 165 g/mol. The van der Waals surface area contributed by atoms with Gasteiger partial charge in [0.1, 0.15) is 6.33 Å². The Kier molecular flexibility index (Phi) is 1.36. The molecule has 12 heavy (non-hydrogen) atoms. The highest BCUT2D eigenvalue weighted by molar-refractivity contribution is 5.81. The number of halogens is 1. The first-order valence-corrected chi connectivity index (χ1v) is 3.22. The van der Waals surface area contributed by atoms with Crippen LogP contribution in [0.5, 0.6) is 5.88 Å². The summed E-state index contributed by atoms with van der Waals surface area (Å²) < 4.78 is 12.5. The molecule has 0 aromatic carbocycles. The van der Waals surface area contributed by atoms with E-state index in [1.54, 1.807) is 0 Å². The Morgan fingerprint density at radius 1 is 1.25 bits per heavy atom. The first-order chi connectivity index (χ1) is 5.77. The molecule has 0 bridgehead atoms. The Morgan fingerprint density at radius 2 is 2.08 bits per heavy atom. The van der Waals surface area contributed by atoms with Gasteiger partial charge in [-0.2, -0.15) is 4.39 Å². The van der Waals surface area contributed by atoms with Crippen LogP contribution in [0.4, 0.5) is 4.39 Å². The van der Waals surface area contributed by atoms with Crippen molar-refractivity contribution in [2.75, 3.05) is 0 Å². The van der Waals surface area contributed by atoms with Gasteiger partial charge in [-0.15, -0.1) is 0 Å². The highest BCUT2D eigenvalue weighted by Crippen LogP contribution is 2.18. The Hall–Kier alpha value is -1.78. The summed E-state index contributed by atoms with van der Waals surface area (Å²) in [5.74, 6) is -0.812. The molecule has 5 heteroatoms. The fourth-order valence-electron chi connectivity index (χ4n) is 0.915. The van der Waals surface area contributed by atoms with Crippen LogP contribution < -0.4 is 0 Å². The summed E-state index contributed by atoms with van der Waals surface area (Å²) in [6, 6.07) is 1.14. The summed E-state index contributed by atoms with van der Waals surface area (Å²) in [5, 5.41) is 9.49. The third-order valence-electron chi connectivity index (χ3n) is 1.47. The molecule has 2 rings (SSSR count). The Morgan fingerprint density at radius 3 is 2.92 bits per heavy atom. The molecular weight excluding hydrogens is 161 g/mol. The molecule has 0 amide bonds. The Balaban J connectivity index is 2.86. The van der Waals surface area contributed by atoms with Gasteiger partial charge in [-0.05, 0) is 0 Å². The minimum absolute atomic E-state index is 0.187. The van der Waals surface area contributed by atoms with E-state index in [0.29, 0.717) is 10.9 Å². The minimum Gasteiger partial charge on any atom is -0.493 e. The quantitative estimate of drug-likeness (QED) is 0.588. The van der Waals surface area contributed by atoms with Gasteiger partial charge >= 0.3 is 0 Å². The van der Waals surface area contributed by atoms with Crippen LogP contribution >= 0.6 is 0 Å². The lowest BCUT2D eigenvalue weighted by molar-refractivity contribution is 0.459. The number of aromatic hydroxyl groups is 1. The van der Waals surface area contributed by atoms with Crippen molar-refractivity contribution in [3.05, 3.63) is 24.5 Å². The number of hydrogen-bond acceptors (Lipinski definition) is 4. The van der Waals surface area contributed by atoms with E-state index in [0.717, 1.165) is 12.4 Å². The first kappa shape index (κ1) is 6.90. The van der Waals surface area contributed by atoms with Crippen LogP contribution in [0.2, 0.25) is 0 Å². The molecule has 2 aromatic heterocycles. The van der Waals surface area contributed by atoms with Crippen LogP contribution in [0.25, 0.3) is 10.9 Å². The van der Waals surface area contributed by atoms with Crippen LogP contribution in [0.15, 0.2) is 18.6 Å². The number of fused-ring (bicyclic) bond motifs is 1. The van der Waals surface area contributed by atoms with E-state index < -0.39 is 5.95 Å². The van der Waals surface area contributed by atoms with Crippen molar-refractivity contribution in [3.8, 4) is 5.88 Å². The second-order valence-electron chi connectivity index (χ2n) is 2.22. The van der Waals surface area contributed by atoms with Gasteiger partial charge in [0.05, 0.1) is 10.9 Å². The van der Waals surface area contributed by atoms with Crippen molar-refractivity contribution in [1.29, 1.82) is 0 Å². The van der Waals surface area contributed by atoms with E-state index in [4.69, 9.17) is 5.11 Å². The second kappa shape index (κ2) is 2.37. The van der Waals surface area contributed by atoms with Gasteiger partial charge in [-0.3, -0.25) is 0 Å². The molecule has 2 heterocycles. The average Bonchev–Trinajstić information content (AvgIpc) is 2.04. The molecule has 1 N–H and O–H groups in total. The van der Waals surface area contributed by atoms with E-state index in [1.807, 2.05) is 0 Å². The monoisotopic (exact) mass is 165 g/mol. The van der Waals surface area contributed by atoms with Crippen LogP contribution in [0.1, 0.15) is 0 Å². The van der Waals surface area contributed by atoms with Crippen LogP contribution in [-0.4, -0.2) is 20.1 Å². The number of aromatic nitrogens is 3. The van der Waals surface area contributed by atoms with Gasteiger partial charge in [0.25, 0.3) is 0 Å². The summed E-state index contributed by atoms with van der Waals surface area (Å²) in [6.07, 6.45) is 2.36. The normalized spacial score (nSPS) is 10.4. The lowest BCUT2D eigenvalue weighted by Crippen LogP contribution is -1.87. The molecule has 60 valence electrons. The molecule has 0 unspecified atom stereocenters. The largest absolute Gasteiger partial charge is 0.493 e. The highest BCUT2D eigenvalue weighted by atomic mass is 19.1. The Bertz CT molecular complexity index is 432. The SMILES string of the molecule is Oc1ncnc2cc(F)ncc12. The van der Waals surface area contributed by atoms with Crippen LogP contribution in [-0.2, 0) is 0 Å². The van der Waals surface area contributed by atoms with Crippen LogP contribution in [0, 0.1) is 5.95 Å². The zero-order valence-corrected chi connectivity index (χ0v) is 5.90. The van der Waals surface area contributed by atoms with E-state index in [-0.39, 0.29) is 5.88 Å². The maximum atomic E-state index is 12.5. The van der Waals surface area contributed by atoms with Crippen molar-refractivity contribution in [3.63, 3.8) is 0 Å². The topological polar surface area (TPSA) is 58.9 Å². The van der Waals surface area contributed by atoms with Gasteiger partial charge in [-0.25, -0.2) is 15.0 Å². The number of hydrogen-bond donors (Lipinski definition) is 1. The van der Waals surface area contributed by atoms with Gasteiger partial charge in [-0.1, -0.05) is 0 Å². The molecule has 0 saturated carbocycles. The van der Waals surface area contributed by atoms with Crippen molar-refractivity contribution < 1.29 is 9.50 Å². The third-order valence-corrected chi connectivity index (χ3v) is 1.47. The maximum Gasteiger partial charge on any atom is 0.223 e. The maximum absolute atomic E-state index is 12.5. The third kappa shape index (κ3) is 0.952. The first-order valence-electron chi connectivity index (χ1n) is 3.22. The molecule has 4 nitrogen and oxygen atoms in total. The highest BCUT2D eigenvalue weighted by Gasteiger charge is 2.02. The summed E-state index contributed by atoms with van der Waals surface area (Å²) in [4.78, 5) is 10.6. The summed E-state index contributed by atoms with van der Waals surface area (Å²) >= 11 is 0. The molecule has 0 spiro atoms. The van der Waals surface area contributed by atoms with E-state index >= 15 is 0 Å². The molecule has 0 atom stereocenters. The minimum atomic E-state index is -0.624. The molecule has 0 aliphatic rings. The number of pyridine rings is 1. The van der Waals surface area contributed by atoms with Gasteiger partial charge < -0.3 is 5.11 Å². The van der Waals surface area contributed by atoms with Gasteiger partial charge in [0, 0.05) is 12.3 Å². The zero-order valence-electron chi connectivity index (χ0n) is 5.90. The number of nitrogens with zero attached hydrogens (tertiary/aromatic N) is 3. The van der Waals surface area contributed by atoms with Crippen molar-refractivity contribution >= 4 is 10.9 Å². The summed E-state index contributed by atoms with van der Waals surface area (Å²) in [5.41, 5.74) is 0.343. The standard InChI is InChI=1S/C7H4FN3O/c8-6-1-5-4(2-9-6)7(12)11-3-10-5/h1-3H,(H,10,11,12). The summed E-state index contributed by atoms with van der Waals surface area (Å²) in [7, 11) is 0. The van der Waals surface area contributed by atoms with Crippen LogP contribution in [0.3, 0.4) is 0 Å². The fraction of sp³-hybridized carbons (Fsp3) is 0. The predicted octanol–water partition coefficient (Wildman–Crippen LogP) is 0.869. The molecule has 0 aliphatic carbocycles. The van der Waals surface area contributed by atoms with E-state index in [9.17, 15) is 4.39 Å². The molecule has 0 fully saturated rings. The lowest BCUT2D eigenvalue weighted by atomic mass is 10.3. The van der Waals surface area contributed by atoms with Crippen molar-refractivity contribution in [2.24, 2.45) is 0 Å². The number of rotatable bonds is 0. The zero-order chi connectivity index (χ0) is 8.55. The molecular formula is C7H4FN3O. The van der Waals surface area contributed by atoms with E-state index in [2.05, 4.69) is 15.0 Å². The second-order valence-corrected chi connectivity index (χ2v) is 2.22.